The molecule has 2 unspecified atom stereocenters. The Morgan fingerprint density at radius 3 is 2.21 bits per heavy atom. The number of nitro groups is 2. The summed E-state index contributed by atoms with van der Waals surface area (Å²) in [5.41, 5.74) is -1.73. The van der Waals surface area contributed by atoms with Gasteiger partial charge in [0.1, 0.15) is 35.7 Å². The van der Waals surface area contributed by atoms with Gasteiger partial charge in [0.25, 0.3) is 17.3 Å². The number of β-lactam (4-membered cyclic amide) rings is 1. The number of hydrogen-bond acceptors (Lipinski definition) is 17. The van der Waals surface area contributed by atoms with Crippen molar-refractivity contribution < 1.29 is 61.3 Å². The van der Waals surface area contributed by atoms with Gasteiger partial charge in [-0.3, -0.25) is 44.7 Å². The smallest absolute Gasteiger partial charge is 0.460 e. The summed E-state index contributed by atoms with van der Waals surface area (Å²) in [6.07, 6.45) is -5.25. The average molecular weight is 868 g/mol. The maximum Gasteiger partial charge on any atom is 0.471 e. The van der Waals surface area contributed by atoms with Gasteiger partial charge in [-0.15, -0.1) is 34.9 Å². The Labute approximate surface area is 336 Å². The molecule has 306 valence electrons. The van der Waals surface area contributed by atoms with E-state index in [0.29, 0.717) is 22.5 Å². The fourth-order valence-corrected chi connectivity index (χ4v) is 8.33. The number of rotatable bonds is 17. The number of alkyl halides is 3. The van der Waals surface area contributed by atoms with Gasteiger partial charge < -0.3 is 24.5 Å². The van der Waals surface area contributed by atoms with Gasteiger partial charge in [-0.25, -0.2) is 9.78 Å². The summed E-state index contributed by atoms with van der Waals surface area (Å²) in [4.78, 5) is 95.1. The van der Waals surface area contributed by atoms with Crippen molar-refractivity contribution in [2.45, 2.75) is 30.8 Å². The number of halogens is 3. The maximum absolute atomic E-state index is 13.6. The summed E-state index contributed by atoms with van der Waals surface area (Å²) in [7, 11) is 0. The molecule has 3 atom stereocenters. The number of nitrogens with one attached hydrogen (secondary N) is 2. The van der Waals surface area contributed by atoms with E-state index >= 15 is 0 Å². The molecule has 0 radical (unpaired) electrons. The Balaban J connectivity index is 1.25. The molecule has 25 heteroatoms. The van der Waals surface area contributed by atoms with Crippen molar-refractivity contribution in [2.75, 3.05) is 30.0 Å². The molecule has 2 aliphatic heterocycles. The van der Waals surface area contributed by atoms with E-state index in [1.807, 2.05) is 0 Å². The molecule has 0 saturated carbocycles. The van der Waals surface area contributed by atoms with Crippen molar-refractivity contribution in [3.63, 3.8) is 0 Å². The maximum atomic E-state index is 13.6. The van der Waals surface area contributed by atoms with E-state index in [2.05, 4.69) is 22.0 Å². The molecule has 2 N–H and O–H groups in total. The summed E-state index contributed by atoms with van der Waals surface area (Å²) in [5, 5.41) is 30.8. The summed E-state index contributed by atoms with van der Waals surface area (Å²) < 4.78 is 49.2. The minimum absolute atomic E-state index is 0.101. The molecule has 2 aromatic carbocycles. The zero-order chi connectivity index (χ0) is 42.2. The number of carbonyl (C=O) groups excluding carboxylic acids is 5. The number of benzene rings is 2. The minimum atomic E-state index is -5.25. The van der Waals surface area contributed by atoms with Crippen molar-refractivity contribution in [3.8, 4) is 0 Å². The first-order valence-corrected chi connectivity index (χ1v) is 19.3. The monoisotopic (exact) mass is 867 g/mol. The summed E-state index contributed by atoms with van der Waals surface area (Å²) >= 11 is 2.88. The predicted molar refractivity (Wildman–Crippen MR) is 200 cm³/mol. The van der Waals surface area contributed by atoms with Crippen molar-refractivity contribution in [2.24, 2.45) is 10.6 Å². The number of anilines is 1. The number of fused-ring (bicyclic) bond motifs is 1. The van der Waals surface area contributed by atoms with Crippen molar-refractivity contribution in [1.82, 2.24) is 15.2 Å². The normalized spacial score (nSPS) is 18.8. The van der Waals surface area contributed by atoms with Crippen LogP contribution in [0.1, 0.15) is 16.8 Å². The van der Waals surface area contributed by atoms with Crippen LogP contribution in [0.2, 0.25) is 0 Å². The van der Waals surface area contributed by atoms with Gasteiger partial charge in [-0.05, 0) is 40.8 Å². The number of nitro benzene ring substituents is 2. The zero-order valence-electron chi connectivity index (χ0n) is 29.4. The first-order valence-electron chi connectivity index (χ1n) is 16.3. The van der Waals surface area contributed by atoms with Gasteiger partial charge in [0.2, 0.25) is 12.5 Å². The zero-order valence-corrected chi connectivity index (χ0v) is 31.8. The largest absolute Gasteiger partial charge is 0.471 e. The molecule has 2 aliphatic rings. The second-order valence-electron chi connectivity index (χ2n) is 12.2. The van der Waals surface area contributed by atoms with E-state index in [1.54, 1.807) is 5.32 Å². The summed E-state index contributed by atoms with van der Waals surface area (Å²) in [5.74, 6) is -5.36. The van der Waals surface area contributed by atoms with Gasteiger partial charge >= 0.3 is 24.0 Å². The fourth-order valence-electron chi connectivity index (χ4n) is 5.22. The Kier molecular flexibility index (Phi) is 13.7. The Morgan fingerprint density at radius 2 is 1.64 bits per heavy atom. The highest BCUT2D eigenvalue weighted by Gasteiger charge is 2.58. The Morgan fingerprint density at radius 1 is 1.03 bits per heavy atom. The molecule has 19 nitrogen and oxygen atoms in total. The second-order valence-corrected chi connectivity index (χ2v) is 15.1. The highest BCUT2D eigenvalue weighted by Crippen LogP contribution is 2.44. The second kappa shape index (κ2) is 18.5. The molecule has 1 aromatic heterocycles. The van der Waals surface area contributed by atoms with Crippen LogP contribution in [-0.4, -0.2) is 97.4 Å². The van der Waals surface area contributed by atoms with Gasteiger partial charge in [0.15, 0.2) is 10.8 Å². The molecule has 0 spiro atoms. The number of thioether (sulfide) groups is 2. The lowest BCUT2D eigenvalue weighted by Crippen LogP contribution is -2.74. The van der Waals surface area contributed by atoms with Gasteiger partial charge in [0.05, 0.1) is 9.85 Å². The number of hydrogen-bond donors (Lipinski definition) is 2. The lowest BCUT2D eigenvalue weighted by molar-refractivity contribution is -0.385. The Hall–Kier alpha value is -6.08. The number of amides is 3. The van der Waals surface area contributed by atoms with Crippen molar-refractivity contribution in [3.05, 3.63) is 103 Å². The third-order valence-electron chi connectivity index (χ3n) is 8.18. The van der Waals surface area contributed by atoms with E-state index in [0.717, 1.165) is 17.1 Å². The average Bonchev–Trinajstić information content (AvgIpc) is 3.66. The SMILES string of the molecule is C=CSCC1(C(=O)OCc2ccc([N+](=O)[O-])cc2)CS[C@@H]2C(NC(=O)C(=NOCC(=O)OCc3ccc([N+](=O)[O-])cc3)c3csc(NC(=O)C(F)(F)F)n3)C(=O)N2C1. The highest BCUT2D eigenvalue weighted by molar-refractivity contribution is 8.02. The predicted octanol–water partition coefficient (Wildman–Crippen LogP) is 3.93. The van der Waals surface area contributed by atoms with Crippen LogP contribution in [0.15, 0.2) is 71.1 Å². The van der Waals surface area contributed by atoms with Crippen LogP contribution in [0.4, 0.5) is 29.7 Å². The fraction of sp³-hybridized carbons (Fsp3) is 0.303. The quantitative estimate of drug-likeness (QED) is 0.0641. The first-order chi connectivity index (χ1) is 27.5. The molecule has 3 amide bonds. The van der Waals surface area contributed by atoms with Crippen LogP contribution < -0.4 is 10.6 Å². The van der Waals surface area contributed by atoms with Crippen LogP contribution >= 0.6 is 34.9 Å². The minimum Gasteiger partial charge on any atom is -0.460 e. The van der Waals surface area contributed by atoms with Crippen molar-refractivity contribution in [1.29, 1.82) is 0 Å². The molecular formula is C33H28F3N7O12S3. The molecule has 2 fully saturated rings. The third kappa shape index (κ3) is 10.5. The third-order valence-corrected chi connectivity index (χ3v) is 11.5. The number of nitrogens with zero attached hydrogens (tertiary/aromatic N) is 5. The number of aromatic nitrogens is 1. The number of ether oxygens (including phenoxy) is 2. The van der Waals surface area contributed by atoms with E-state index in [-0.39, 0.29) is 42.6 Å². The van der Waals surface area contributed by atoms with Crippen LogP contribution in [0, 0.1) is 25.6 Å². The molecule has 0 bridgehead atoms. The van der Waals surface area contributed by atoms with Gasteiger partial charge in [0, 0.05) is 47.7 Å². The van der Waals surface area contributed by atoms with E-state index in [4.69, 9.17) is 14.3 Å². The highest BCUT2D eigenvalue weighted by atomic mass is 32.2. The molecule has 58 heavy (non-hydrogen) atoms. The number of non-ortho nitro benzene ring substituents is 2. The van der Waals surface area contributed by atoms with Crippen LogP contribution in [-0.2, 0) is 51.5 Å². The van der Waals surface area contributed by atoms with Crippen LogP contribution in [0.3, 0.4) is 0 Å². The van der Waals surface area contributed by atoms with E-state index < -0.39 is 85.7 Å². The molecule has 2 saturated heterocycles. The first kappa shape index (κ1) is 43.1. The summed E-state index contributed by atoms with van der Waals surface area (Å²) in [6.45, 7) is 2.18. The number of thiazole rings is 1. The van der Waals surface area contributed by atoms with E-state index in [1.165, 1.54) is 70.6 Å². The number of esters is 2. The molecule has 0 aliphatic carbocycles. The number of oxime groups is 1. The molecule has 3 aromatic rings. The van der Waals surface area contributed by atoms with Crippen LogP contribution in [0.5, 0.6) is 0 Å². The lowest BCUT2D eigenvalue weighted by Gasteiger charge is -2.54. The van der Waals surface area contributed by atoms with Crippen LogP contribution in [0.25, 0.3) is 0 Å². The molecular weight excluding hydrogens is 840 g/mol. The lowest BCUT2D eigenvalue weighted by atomic mass is 9.89. The topological polar surface area (TPSA) is 252 Å². The number of carbonyl (C=O) groups is 5. The molecule has 3 heterocycles. The van der Waals surface area contributed by atoms with E-state index in [9.17, 15) is 57.4 Å². The van der Waals surface area contributed by atoms with Crippen molar-refractivity contribution >= 4 is 86.7 Å². The standard InChI is InChI=1S/C33H28F3N7O12S3/c1-2-56-16-32(30(48)54-12-19-5-9-21(10-6-19)43(51)52)15-41-27(46)25(28(41)58-17-32)38-26(45)24(22-14-57-31(37-22)39-29(47)33(34,35)36)40-55-13-23(44)53-11-18-3-7-20(8-4-18)42(49)50/h2-10,14,25,28H,1,11-13,15-17H2,(H,38,45)(H,37,39,47)/t25?,28-,32?/m1/s1. The van der Waals surface area contributed by atoms with Gasteiger partial charge in [-0.1, -0.05) is 11.7 Å². The summed E-state index contributed by atoms with van der Waals surface area (Å²) in [6, 6.07) is 9.35. The molecule has 5 rings (SSSR count). The Bertz CT molecular complexity index is 2140. The van der Waals surface area contributed by atoms with Gasteiger partial charge in [-0.2, -0.15) is 13.2 Å².